The molecule has 0 aliphatic carbocycles. The van der Waals surface area contributed by atoms with Gasteiger partial charge in [0, 0.05) is 24.2 Å². The van der Waals surface area contributed by atoms with Crippen molar-refractivity contribution in [1.29, 1.82) is 0 Å². The highest BCUT2D eigenvalue weighted by Crippen LogP contribution is 2.39. The predicted octanol–water partition coefficient (Wildman–Crippen LogP) is 6.44. The normalized spacial score (nSPS) is 15.1. The summed E-state index contributed by atoms with van der Waals surface area (Å²) in [7, 11) is 4.54. The number of hydrogen-bond donors (Lipinski definition) is 1. The zero-order chi connectivity index (χ0) is 27.4. The average molecular weight is 516 g/mol. The number of hydrazone groups is 1. The lowest BCUT2D eigenvalue weighted by Crippen LogP contribution is -2.41. The van der Waals surface area contributed by atoms with Crippen molar-refractivity contribution in [2.45, 2.75) is 39.7 Å². The van der Waals surface area contributed by atoms with E-state index in [0.29, 0.717) is 22.6 Å². The minimum Gasteiger partial charge on any atom is -0.493 e. The van der Waals surface area contributed by atoms with Crippen molar-refractivity contribution in [2.75, 3.05) is 21.3 Å². The van der Waals surface area contributed by atoms with Crippen molar-refractivity contribution in [2.24, 2.45) is 5.10 Å². The summed E-state index contributed by atoms with van der Waals surface area (Å²) in [6.45, 7) is 6.01. The molecular formula is C31H34FN3O3. The Bertz CT molecular complexity index is 1400. The Morgan fingerprint density at radius 3 is 2.39 bits per heavy atom. The molecule has 0 aromatic heterocycles. The van der Waals surface area contributed by atoms with Crippen molar-refractivity contribution in [3.8, 4) is 22.6 Å². The second kappa shape index (κ2) is 11.5. The quantitative estimate of drug-likeness (QED) is 0.411. The van der Waals surface area contributed by atoms with E-state index in [1.165, 1.54) is 36.4 Å². The van der Waals surface area contributed by atoms with Gasteiger partial charge in [0.05, 0.1) is 25.8 Å². The van der Waals surface area contributed by atoms with E-state index < -0.39 is 5.82 Å². The minimum atomic E-state index is -0.430. The highest BCUT2D eigenvalue weighted by Gasteiger charge is 2.32. The lowest BCUT2D eigenvalue weighted by atomic mass is 9.91. The molecule has 1 heterocycles. The third-order valence-corrected chi connectivity index (χ3v) is 6.87. The van der Waals surface area contributed by atoms with Crippen LogP contribution in [0.5, 0.6) is 11.5 Å². The van der Waals surface area contributed by atoms with E-state index in [-0.39, 0.29) is 24.2 Å². The molecule has 1 N–H and O–H groups in total. The summed E-state index contributed by atoms with van der Waals surface area (Å²) >= 11 is 0. The van der Waals surface area contributed by atoms with Gasteiger partial charge in [0.15, 0.2) is 11.5 Å². The molecule has 1 aliphatic heterocycles. The highest BCUT2D eigenvalue weighted by molar-refractivity contribution is 6.16. The first kappa shape index (κ1) is 26.9. The number of rotatable bonds is 6. The molecule has 1 unspecified atom stereocenters. The number of urea groups is 1. The molecule has 0 radical (unpaired) electrons. The SMILES string of the molecule is C/C=C\c1cc(-c2ccc(C3=NN(C(=O)NC)C(C)Cc4c(F)cc(OC)c(OC)c43)cc2)ccc1CC. The van der Waals surface area contributed by atoms with E-state index in [1.807, 2.05) is 44.2 Å². The number of benzene rings is 3. The van der Waals surface area contributed by atoms with E-state index in [0.717, 1.165) is 23.1 Å². The second-order valence-corrected chi connectivity index (χ2v) is 9.19. The number of fused-ring (bicyclic) bond motifs is 1. The van der Waals surface area contributed by atoms with Crippen molar-refractivity contribution in [3.63, 3.8) is 0 Å². The summed E-state index contributed by atoms with van der Waals surface area (Å²) in [5.41, 5.74) is 6.69. The number of hydrogen-bond acceptors (Lipinski definition) is 4. The number of aryl methyl sites for hydroxylation is 1. The van der Waals surface area contributed by atoms with E-state index in [1.54, 1.807) is 7.05 Å². The van der Waals surface area contributed by atoms with E-state index >= 15 is 4.39 Å². The van der Waals surface area contributed by atoms with Crippen LogP contribution >= 0.6 is 0 Å². The number of methoxy groups -OCH3 is 2. The molecule has 2 amide bonds. The number of carbonyl (C=O) groups is 1. The number of allylic oxidation sites excluding steroid dienone is 1. The number of amides is 2. The van der Waals surface area contributed by atoms with Gasteiger partial charge in [0.2, 0.25) is 0 Å². The van der Waals surface area contributed by atoms with Crippen molar-refractivity contribution >= 4 is 17.8 Å². The standard InChI is InChI=1S/C31H34FN3O3/c1-7-9-23-17-24(15-10-20(23)8-2)21-11-13-22(14-12-21)29-28-25(16-19(3)35(34-29)31(36)33-4)26(32)18-27(37-5)30(28)38-6/h7,9-15,17-19H,8,16H2,1-6H3,(H,33,36)/b9-7-. The Hall–Kier alpha value is -4.13. The topological polar surface area (TPSA) is 63.2 Å². The van der Waals surface area contributed by atoms with Gasteiger partial charge in [0.1, 0.15) is 11.5 Å². The average Bonchev–Trinajstić information content (AvgIpc) is 3.09. The molecule has 38 heavy (non-hydrogen) atoms. The summed E-state index contributed by atoms with van der Waals surface area (Å²) in [6.07, 6.45) is 5.39. The maximum Gasteiger partial charge on any atom is 0.337 e. The predicted molar refractivity (Wildman–Crippen MR) is 151 cm³/mol. The van der Waals surface area contributed by atoms with Crippen LogP contribution in [0.1, 0.15) is 48.6 Å². The molecule has 0 bridgehead atoms. The van der Waals surface area contributed by atoms with Crippen LogP contribution in [-0.4, -0.2) is 44.1 Å². The summed E-state index contributed by atoms with van der Waals surface area (Å²) in [4.78, 5) is 12.7. The first-order valence-corrected chi connectivity index (χ1v) is 12.8. The maximum atomic E-state index is 15.4. The lowest BCUT2D eigenvalue weighted by molar-refractivity contribution is 0.184. The van der Waals surface area contributed by atoms with Crippen LogP contribution in [0, 0.1) is 5.82 Å². The number of halogens is 1. The summed E-state index contributed by atoms with van der Waals surface area (Å²) in [5.74, 6) is 0.213. The largest absolute Gasteiger partial charge is 0.493 e. The molecular weight excluding hydrogens is 481 g/mol. The van der Waals surface area contributed by atoms with Crippen LogP contribution in [-0.2, 0) is 12.8 Å². The van der Waals surface area contributed by atoms with Crippen LogP contribution in [0.25, 0.3) is 17.2 Å². The number of carbonyl (C=O) groups excluding carboxylic acids is 1. The third-order valence-electron chi connectivity index (χ3n) is 6.87. The van der Waals surface area contributed by atoms with Gasteiger partial charge in [-0.05, 0) is 55.0 Å². The van der Waals surface area contributed by atoms with Gasteiger partial charge in [-0.3, -0.25) is 0 Å². The first-order chi connectivity index (χ1) is 18.4. The van der Waals surface area contributed by atoms with Crippen LogP contribution in [0.3, 0.4) is 0 Å². The summed E-state index contributed by atoms with van der Waals surface area (Å²) in [5, 5.41) is 8.75. The van der Waals surface area contributed by atoms with Crippen LogP contribution in [0.2, 0.25) is 0 Å². The number of ether oxygens (including phenoxy) is 2. The van der Waals surface area contributed by atoms with Gasteiger partial charge in [-0.1, -0.05) is 55.5 Å². The fraction of sp³-hybridized carbons (Fsp3) is 0.290. The van der Waals surface area contributed by atoms with E-state index in [4.69, 9.17) is 14.6 Å². The molecule has 0 saturated heterocycles. The van der Waals surface area contributed by atoms with Gasteiger partial charge in [-0.15, -0.1) is 0 Å². The molecule has 0 spiro atoms. The Morgan fingerprint density at radius 2 is 1.79 bits per heavy atom. The van der Waals surface area contributed by atoms with Crippen LogP contribution < -0.4 is 14.8 Å². The first-order valence-electron chi connectivity index (χ1n) is 12.8. The molecule has 0 fully saturated rings. The van der Waals surface area contributed by atoms with E-state index in [9.17, 15) is 4.79 Å². The molecule has 198 valence electrons. The molecule has 7 heteroatoms. The van der Waals surface area contributed by atoms with Crippen LogP contribution in [0.15, 0.2) is 59.7 Å². The highest BCUT2D eigenvalue weighted by atomic mass is 19.1. The van der Waals surface area contributed by atoms with Gasteiger partial charge >= 0.3 is 6.03 Å². The smallest absolute Gasteiger partial charge is 0.337 e. The lowest BCUT2D eigenvalue weighted by Gasteiger charge is -2.22. The molecule has 6 nitrogen and oxygen atoms in total. The Labute approximate surface area is 223 Å². The van der Waals surface area contributed by atoms with Gasteiger partial charge in [0.25, 0.3) is 0 Å². The zero-order valence-electron chi connectivity index (χ0n) is 22.8. The van der Waals surface area contributed by atoms with Gasteiger partial charge in [-0.25, -0.2) is 14.2 Å². The van der Waals surface area contributed by atoms with Gasteiger partial charge in [-0.2, -0.15) is 5.10 Å². The number of nitrogens with zero attached hydrogens (tertiary/aromatic N) is 2. The van der Waals surface area contributed by atoms with Crippen molar-refractivity contribution in [3.05, 3.63) is 88.2 Å². The second-order valence-electron chi connectivity index (χ2n) is 9.19. The molecule has 1 aliphatic rings. The van der Waals surface area contributed by atoms with Gasteiger partial charge < -0.3 is 14.8 Å². The molecule has 3 aromatic rings. The summed E-state index contributed by atoms with van der Waals surface area (Å²) in [6, 6.07) is 14.9. The fourth-order valence-corrected chi connectivity index (χ4v) is 4.90. The van der Waals surface area contributed by atoms with E-state index in [2.05, 4.69) is 36.5 Å². The summed E-state index contributed by atoms with van der Waals surface area (Å²) < 4.78 is 26.6. The Morgan fingerprint density at radius 1 is 1.11 bits per heavy atom. The molecule has 4 rings (SSSR count). The number of nitrogens with one attached hydrogen (secondary N) is 1. The third kappa shape index (κ3) is 5.01. The van der Waals surface area contributed by atoms with Crippen molar-refractivity contribution < 1.29 is 18.7 Å². The molecule has 0 saturated carbocycles. The monoisotopic (exact) mass is 515 g/mol. The maximum absolute atomic E-state index is 15.4. The molecule has 3 aromatic carbocycles. The Balaban J connectivity index is 1.89. The van der Waals surface area contributed by atoms with Crippen LogP contribution in [0.4, 0.5) is 9.18 Å². The fourth-order valence-electron chi connectivity index (χ4n) is 4.90. The Kier molecular flexibility index (Phi) is 8.15. The molecule has 1 atom stereocenters. The minimum absolute atomic E-state index is 0.261. The zero-order valence-corrected chi connectivity index (χ0v) is 22.8. The van der Waals surface area contributed by atoms with Crippen molar-refractivity contribution in [1.82, 2.24) is 10.3 Å².